The molecule has 0 bridgehead atoms. The lowest BCUT2D eigenvalue weighted by Crippen LogP contribution is -1.99. The van der Waals surface area contributed by atoms with Crippen molar-refractivity contribution in [1.29, 1.82) is 0 Å². The fourth-order valence-corrected chi connectivity index (χ4v) is 1.04. The maximum atomic E-state index is 10.6. The number of hydrogen-bond donors (Lipinski definition) is 1. The summed E-state index contributed by atoms with van der Waals surface area (Å²) >= 11 is 0. The van der Waals surface area contributed by atoms with E-state index >= 15 is 0 Å². The molecule has 1 rings (SSSR count). The van der Waals surface area contributed by atoms with Crippen molar-refractivity contribution < 1.29 is 14.8 Å². The first kappa shape index (κ1) is 10.2. The Labute approximate surface area is 79.1 Å². The number of rotatable bonds is 4. The molecular weight excluding hydrogens is 190 g/mol. The third-order valence-corrected chi connectivity index (χ3v) is 1.60. The van der Waals surface area contributed by atoms with Gasteiger partial charge in [-0.1, -0.05) is 6.92 Å². The van der Waals surface area contributed by atoms with Gasteiger partial charge in [0.2, 0.25) is 0 Å². The third kappa shape index (κ3) is 1.87. The fraction of sp³-hybridized carbons (Fsp3) is 0.429. The number of aryl methyl sites for hydroxylation is 1. The molecule has 1 aromatic rings. The van der Waals surface area contributed by atoms with Gasteiger partial charge < -0.3 is 15.2 Å². The van der Waals surface area contributed by atoms with Crippen LogP contribution in [0.4, 0.5) is 5.82 Å². The molecule has 0 saturated heterocycles. The summed E-state index contributed by atoms with van der Waals surface area (Å²) in [5.41, 5.74) is -0.372. The van der Waals surface area contributed by atoms with Crippen LogP contribution >= 0.6 is 0 Å². The highest BCUT2D eigenvalue weighted by Gasteiger charge is 2.25. The standard InChI is InChI=1S/C7H9N3O4/c1-2-3-9-4-5(7(11)12)6(8-9)10(13)14/h4H,2-3H2,1H3,(H,11,12). The maximum Gasteiger partial charge on any atom is 0.404 e. The van der Waals surface area contributed by atoms with Crippen molar-refractivity contribution in [2.24, 2.45) is 0 Å². The van der Waals surface area contributed by atoms with Crippen molar-refractivity contribution in [3.05, 3.63) is 21.9 Å². The first-order chi connectivity index (χ1) is 6.56. The minimum absolute atomic E-state index is 0.372. The summed E-state index contributed by atoms with van der Waals surface area (Å²) in [5, 5.41) is 22.6. The monoisotopic (exact) mass is 199 g/mol. The zero-order chi connectivity index (χ0) is 10.7. The first-order valence-corrected chi connectivity index (χ1v) is 4.01. The lowest BCUT2D eigenvalue weighted by molar-refractivity contribution is -0.390. The number of nitrogens with zero attached hydrogens (tertiary/aromatic N) is 3. The average molecular weight is 199 g/mol. The van der Waals surface area contributed by atoms with Crippen molar-refractivity contribution in [3.63, 3.8) is 0 Å². The highest BCUT2D eigenvalue weighted by atomic mass is 16.6. The zero-order valence-electron chi connectivity index (χ0n) is 7.51. The average Bonchev–Trinajstić information content (AvgIpc) is 2.49. The van der Waals surface area contributed by atoms with Crippen molar-refractivity contribution in [3.8, 4) is 0 Å². The van der Waals surface area contributed by atoms with Gasteiger partial charge in [-0.3, -0.25) is 0 Å². The Morgan fingerprint density at radius 3 is 2.79 bits per heavy atom. The Morgan fingerprint density at radius 1 is 1.79 bits per heavy atom. The van der Waals surface area contributed by atoms with Crippen LogP contribution in [0.3, 0.4) is 0 Å². The molecule has 0 spiro atoms. The summed E-state index contributed by atoms with van der Waals surface area (Å²) < 4.78 is 1.27. The second-order valence-electron chi connectivity index (χ2n) is 2.69. The van der Waals surface area contributed by atoms with Gasteiger partial charge in [0, 0.05) is 0 Å². The Bertz CT molecular complexity index is 340. The molecule has 0 fully saturated rings. The number of carboxylic acids is 1. The molecule has 0 aliphatic carbocycles. The minimum atomic E-state index is -1.33. The summed E-state index contributed by atoms with van der Waals surface area (Å²) in [5.74, 6) is -1.94. The summed E-state index contributed by atoms with van der Waals surface area (Å²) in [7, 11) is 0. The van der Waals surface area contributed by atoms with Gasteiger partial charge in [-0.2, -0.15) is 4.68 Å². The third-order valence-electron chi connectivity index (χ3n) is 1.60. The van der Waals surface area contributed by atoms with E-state index < -0.39 is 16.7 Å². The molecule has 76 valence electrons. The Hall–Kier alpha value is -1.92. The van der Waals surface area contributed by atoms with E-state index in [1.165, 1.54) is 10.9 Å². The van der Waals surface area contributed by atoms with E-state index in [4.69, 9.17) is 5.11 Å². The van der Waals surface area contributed by atoms with Gasteiger partial charge in [0.15, 0.2) is 5.56 Å². The van der Waals surface area contributed by atoms with Crippen LogP contribution < -0.4 is 0 Å². The zero-order valence-corrected chi connectivity index (χ0v) is 7.51. The van der Waals surface area contributed by atoms with Crippen LogP contribution in [0.5, 0.6) is 0 Å². The van der Waals surface area contributed by atoms with Crippen molar-refractivity contribution in [2.45, 2.75) is 19.9 Å². The predicted octanol–water partition coefficient (Wildman–Crippen LogP) is 0.899. The summed E-state index contributed by atoms with van der Waals surface area (Å²) in [6.45, 7) is 2.34. The molecule has 7 nitrogen and oxygen atoms in total. The van der Waals surface area contributed by atoms with E-state index in [0.717, 1.165) is 6.42 Å². The van der Waals surface area contributed by atoms with Crippen LogP contribution in [-0.2, 0) is 6.54 Å². The molecular formula is C7H9N3O4. The van der Waals surface area contributed by atoms with E-state index in [0.29, 0.717) is 6.54 Å². The second-order valence-corrected chi connectivity index (χ2v) is 2.69. The summed E-state index contributed by atoms with van der Waals surface area (Å²) in [6.07, 6.45) is 1.90. The minimum Gasteiger partial charge on any atom is -0.477 e. The normalized spacial score (nSPS) is 10.1. The smallest absolute Gasteiger partial charge is 0.404 e. The van der Waals surface area contributed by atoms with Gasteiger partial charge in [-0.15, -0.1) is 0 Å². The van der Waals surface area contributed by atoms with E-state index in [1.807, 2.05) is 6.92 Å². The van der Waals surface area contributed by atoms with Crippen LogP contribution in [0.15, 0.2) is 6.20 Å². The number of nitro groups is 1. The van der Waals surface area contributed by atoms with E-state index in [2.05, 4.69) is 5.10 Å². The van der Waals surface area contributed by atoms with Gasteiger partial charge in [-0.25, -0.2) is 4.79 Å². The van der Waals surface area contributed by atoms with Crippen molar-refractivity contribution in [1.82, 2.24) is 9.78 Å². The van der Waals surface area contributed by atoms with E-state index in [9.17, 15) is 14.9 Å². The Balaban J connectivity index is 3.12. The molecule has 0 aliphatic heterocycles. The maximum absolute atomic E-state index is 10.6. The Kier molecular flexibility index (Phi) is 2.80. The molecule has 0 aromatic carbocycles. The second kappa shape index (κ2) is 3.86. The van der Waals surface area contributed by atoms with Crippen LogP contribution in [0.2, 0.25) is 0 Å². The van der Waals surface area contributed by atoms with Crippen LogP contribution in [0, 0.1) is 10.1 Å². The lowest BCUT2D eigenvalue weighted by atomic mass is 10.3. The van der Waals surface area contributed by atoms with Crippen molar-refractivity contribution >= 4 is 11.8 Å². The van der Waals surface area contributed by atoms with Gasteiger partial charge in [0.05, 0.1) is 17.8 Å². The van der Waals surface area contributed by atoms with E-state index in [-0.39, 0.29) is 5.56 Å². The van der Waals surface area contributed by atoms with Crippen LogP contribution in [0.1, 0.15) is 23.7 Å². The largest absolute Gasteiger partial charge is 0.477 e. The highest BCUT2D eigenvalue weighted by molar-refractivity contribution is 5.91. The Morgan fingerprint density at radius 2 is 2.43 bits per heavy atom. The predicted molar refractivity (Wildman–Crippen MR) is 46.1 cm³/mol. The first-order valence-electron chi connectivity index (χ1n) is 4.01. The number of carbonyl (C=O) groups is 1. The van der Waals surface area contributed by atoms with Gasteiger partial charge >= 0.3 is 11.8 Å². The lowest BCUT2D eigenvalue weighted by Gasteiger charge is -1.88. The highest BCUT2D eigenvalue weighted by Crippen LogP contribution is 2.15. The number of aromatic carboxylic acids is 1. The number of aromatic nitrogens is 2. The molecule has 7 heteroatoms. The fourth-order valence-electron chi connectivity index (χ4n) is 1.04. The van der Waals surface area contributed by atoms with Gasteiger partial charge in [0.25, 0.3) is 0 Å². The molecule has 1 aromatic heterocycles. The molecule has 0 unspecified atom stereocenters. The molecule has 0 aliphatic rings. The van der Waals surface area contributed by atoms with E-state index in [1.54, 1.807) is 0 Å². The molecule has 14 heavy (non-hydrogen) atoms. The number of carboxylic acid groups (broad SMARTS) is 1. The topological polar surface area (TPSA) is 98.3 Å². The molecule has 1 heterocycles. The molecule has 0 atom stereocenters. The molecule has 1 N–H and O–H groups in total. The van der Waals surface area contributed by atoms with Crippen LogP contribution in [-0.4, -0.2) is 25.8 Å². The molecule has 0 radical (unpaired) electrons. The molecule has 0 saturated carbocycles. The van der Waals surface area contributed by atoms with Gasteiger partial charge in [0.1, 0.15) is 0 Å². The number of hydrogen-bond acceptors (Lipinski definition) is 4. The SMILES string of the molecule is CCCn1cc(C(=O)O)c([N+](=O)[O-])n1. The quantitative estimate of drug-likeness (QED) is 0.573. The van der Waals surface area contributed by atoms with Gasteiger partial charge in [-0.05, 0) is 11.3 Å². The van der Waals surface area contributed by atoms with Crippen LogP contribution in [0.25, 0.3) is 0 Å². The summed E-state index contributed by atoms with van der Waals surface area (Å²) in [4.78, 5) is 20.2. The molecule has 0 amide bonds. The summed E-state index contributed by atoms with van der Waals surface area (Å²) in [6, 6.07) is 0. The van der Waals surface area contributed by atoms with Crippen molar-refractivity contribution in [2.75, 3.05) is 0 Å².